The van der Waals surface area contributed by atoms with Gasteiger partial charge in [-0.25, -0.2) is 0 Å². The highest BCUT2D eigenvalue weighted by Crippen LogP contribution is 2.25. The summed E-state index contributed by atoms with van der Waals surface area (Å²) in [5, 5.41) is 13.8. The second-order valence-corrected chi connectivity index (χ2v) is 4.86. The van der Waals surface area contributed by atoms with Gasteiger partial charge in [0, 0.05) is 7.11 Å². The van der Waals surface area contributed by atoms with Crippen LogP contribution < -0.4 is 0 Å². The molecule has 14 heavy (non-hydrogen) atoms. The molecule has 0 radical (unpaired) electrons. The lowest BCUT2D eigenvalue weighted by Gasteiger charge is -2.23. The smallest absolute Gasteiger partial charge is 0.0799 e. The number of thiophene rings is 1. The van der Waals surface area contributed by atoms with E-state index in [2.05, 4.69) is 0 Å². The Morgan fingerprint density at radius 3 is 2.79 bits per heavy atom. The molecule has 0 spiro atoms. The summed E-state index contributed by atoms with van der Waals surface area (Å²) in [5.41, 5.74) is 0.874. The monoisotopic (exact) mass is 214 g/mol. The summed E-state index contributed by atoms with van der Waals surface area (Å²) in [5.74, 6) is 0. The van der Waals surface area contributed by atoms with Crippen LogP contribution in [0.4, 0.5) is 0 Å². The van der Waals surface area contributed by atoms with Gasteiger partial charge < -0.3 is 9.84 Å². The van der Waals surface area contributed by atoms with Crippen molar-refractivity contribution >= 4 is 11.3 Å². The van der Waals surface area contributed by atoms with Crippen LogP contribution in [0.15, 0.2) is 16.8 Å². The van der Waals surface area contributed by atoms with Gasteiger partial charge in [0.05, 0.1) is 11.7 Å². The van der Waals surface area contributed by atoms with Crippen molar-refractivity contribution < 1.29 is 9.84 Å². The highest BCUT2D eigenvalue weighted by atomic mass is 32.1. The van der Waals surface area contributed by atoms with E-state index in [4.69, 9.17) is 4.74 Å². The van der Waals surface area contributed by atoms with Gasteiger partial charge in [-0.3, -0.25) is 0 Å². The minimum absolute atomic E-state index is 0.142. The lowest BCUT2D eigenvalue weighted by Crippen LogP contribution is -2.22. The van der Waals surface area contributed by atoms with E-state index < -0.39 is 0 Å². The first-order valence-corrected chi connectivity index (χ1v) is 5.75. The number of hydrogen-bond donors (Lipinski definition) is 1. The maximum Gasteiger partial charge on any atom is 0.0799 e. The van der Waals surface area contributed by atoms with Crippen LogP contribution in [0, 0.1) is 0 Å². The average molecular weight is 214 g/mol. The minimum atomic E-state index is -0.351. The van der Waals surface area contributed by atoms with Gasteiger partial charge in [0.25, 0.3) is 0 Å². The standard InChI is InChI=1S/C11H18O2S/c1-11(2,13-3)6-4-10(12)9-5-7-14-8-9/h5,7-8,10,12H,4,6H2,1-3H3. The van der Waals surface area contributed by atoms with Crippen LogP contribution >= 0.6 is 11.3 Å². The summed E-state index contributed by atoms with van der Waals surface area (Å²) < 4.78 is 5.30. The highest BCUT2D eigenvalue weighted by Gasteiger charge is 2.18. The van der Waals surface area contributed by atoms with E-state index in [0.29, 0.717) is 0 Å². The van der Waals surface area contributed by atoms with Crippen LogP contribution in [0.5, 0.6) is 0 Å². The molecular weight excluding hydrogens is 196 g/mol. The number of rotatable bonds is 5. The fourth-order valence-electron chi connectivity index (χ4n) is 1.22. The molecule has 1 atom stereocenters. The van der Waals surface area contributed by atoms with Crippen LogP contribution in [0.2, 0.25) is 0 Å². The average Bonchev–Trinajstić information content (AvgIpc) is 2.67. The van der Waals surface area contributed by atoms with Crippen molar-refractivity contribution in [2.45, 2.75) is 38.4 Å². The largest absolute Gasteiger partial charge is 0.388 e. The molecule has 0 saturated carbocycles. The molecule has 0 aromatic carbocycles. The van der Waals surface area contributed by atoms with Crippen LogP contribution in [-0.4, -0.2) is 17.8 Å². The summed E-state index contributed by atoms with van der Waals surface area (Å²) in [6, 6.07) is 1.97. The van der Waals surface area contributed by atoms with Gasteiger partial charge in [0.15, 0.2) is 0 Å². The van der Waals surface area contributed by atoms with Crippen molar-refractivity contribution in [1.29, 1.82) is 0 Å². The lowest BCUT2D eigenvalue weighted by molar-refractivity contribution is 0.00282. The van der Waals surface area contributed by atoms with E-state index in [1.54, 1.807) is 18.4 Å². The normalized spacial score (nSPS) is 14.3. The molecule has 0 fully saturated rings. The van der Waals surface area contributed by atoms with Gasteiger partial charge >= 0.3 is 0 Å². The zero-order valence-electron chi connectivity index (χ0n) is 8.99. The molecular formula is C11H18O2S. The summed E-state index contributed by atoms with van der Waals surface area (Å²) in [7, 11) is 1.71. The Morgan fingerprint density at radius 2 is 2.29 bits per heavy atom. The number of aliphatic hydroxyl groups is 1. The quantitative estimate of drug-likeness (QED) is 0.816. The van der Waals surface area contributed by atoms with E-state index in [9.17, 15) is 5.11 Å². The van der Waals surface area contributed by atoms with E-state index >= 15 is 0 Å². The molecule has 1 N–H and O–H groups in total. The third-order valence-electron chi connectivity index (χ3n) is 2.50. The lowest BCUT2D eigenvalue weighted by atomic mass is 9.98. The molecule has 0 aliphatic carbocycles. The molecule has 0 aliphatic heterocycles. The van der Waals surface area contributed by atoms with Crippen LogP contribution in [0.3, 0.4) is 0 Å². The Bertz CT molecular complexity index is 254. The summed E-state index contributed by atoms with van der Waals surface area (Å²) in [6.45, 7) is 4.07. The molecule has 0 bridgehead atoms. The molecule has 1 unspecified atom stereocenters. The molecule has 1 rings (SSSR count). The predicted molar refractivity (Wildman–Crippen MR) is 59.6 cm³/mol. The van der Waals surface area contributed by atoms with Crippen LogP contribution in [0.25, 0.3) is 0 Å². The molecule has 1 aromatic heterocycles. The summed E-state index contributed by atoms with van der Waals surface area (Å²) in [4.78, 5) is 0. The Balaban J connectivity index is 2.39. The topological polar surface area (TPSA) is 29.5 Å². The van der Waals surface area contributed by atoms with Crippen molar-refractivity contribution in [2.24, 2.45) is 0 Å². The van der Waals surface area contributed by atoms with Crippen molar-refractivity contribution in [3.8, 4) is 0 Å². The number of aliphatic hydroxyl groups excluding tert-OH is 1. The first kappa shape index (κ1) is 11.7. The van der Waals surface area contributed by atoms with Crippen molar-refractivity contribution in [3.05, 3.63) is 22.4 Å². The van der Waals surface area contributed by atoms with Crippen LogP contribution in [-0.2, 0) is 4.74 Å². The second kappa shape index (κ2) is 4.91. The maximum atomic E-state index is 9.82. The predicted octanol–water partition coefficient (Wildman–Crippen LogP) is 2.99. The third kappa shape index (κ3) is 3.40. The van der Waals surface area contributed by atoms with Crippen LogP contribution in [0.1, 0.15) is 38.4 Å². The van der Waals surface area contributed by atoms with Crippen molar-refractivity contribution in [1.82, 2.24) is 0 Å². The van der Waals surface area contributed by atoms with Crippen molar-refractivity contribution in [2.75, 3.05) is 7.11 Å². The number of hydrogen-bond acceptors (Lipinski definition) is 3. The molecule has 80 valence electrons. The number of methoxy groups -OCH3 is 1. The Hall–Kier alpha value is -0.380. The van der Waals surface area contributed by atoms with Crippen molar-refractivity contribution in [3.63, 3.8) is 0 Å². The van der Waals surface area contributed by atoms with Gasteiger partial charge in [-0.05, 0) is 49.1 Å². The molecule has 2 nitrogen and oxygen atoms in total. The van der Waals surface area contributed by atoms with E-state index in [1.165, 1.54) is 0 Å². The summed E-state index contributed by atoms with van der Waals surface area (Å²) >= 11 is 1.62. The first-order chi connectivity index (χ1) is 6.55. The zero-order valence-corrected chi connectivity index (χ0v) is 9.80. The SMILES string of the molecule is COC(C)(C)CCC(O)c1ccsc1. The van der Waals surface area contributed by atoms with Gasteiger partial charge in [-0.1, -0.05) is 0 Å². The maximum absolute atomic E-state index is 9.82. The Kier molecular flexibility index (Phi) is 4.11. The molecule has 1 aromatic rings. The Morgan fingerprint density at radius 1 is 1.57 bits per heavy atom. The molecule has 3 heteroatoms. The molecule has 0 amide bonds. The van der Waals surface area contributed by atoms with Gasteiger partial charge in [-0.2, -0.15) is 11.3 Å². The minimum Gasteiger partial charge on any atom is -0.388 e. The van der Waals surface area contributed by atoms with Gasteiger partial charge in [-0.15, -0.1) is 0 Å². The number of ether oxygens (including phenoxy) is 1. The fourth-order valence-corrected chi connectivity index (χ4v) is 1.92. The highest BCUT2D eigenvalue weighted by molar-refractivity contribution is 7.07. The van der Waals surface area contributed by atoms with Gasteiger partial charge in [0.2, 0.25) is 0 Å². The van der Waals surface area contributed by atoms with E-state index in [0.717, 1.165) is 18.4 Å². The molecule has 1 heterocycles. The molecule has 0 saturated heterocycles. The Labute approximate surface area is 89.5 Å². The van der Waals surface area contributed by atoms with E-state index in [-0.39, 0.29) is 11.7 Å². The van der Waals surface area contributed by atoms with Gasteiger partial charge in [0.1, 0.15) is 0 Å². The summed E-state index contributed by atoms with van der Waals surface area (Å²) in [6.07, 6.45) is 1.26. The molecule has 0 aliphatic rings. The van der Waals surface area contributed by atoms with E-state index in [1.807, 2.05) is 30.7 Å². The first-order valence-electron chi connectivity index (χ1n) is 4.80. The second-order valence-electron chi connectivity index (χ2n) is 4.07. The zero-order chi connectivity index (χ0) is 10.6. The fraction of sp³-hybridized carbons (Fsp3) is 0.636. The third-order valence-corrected chi connectivity index (χ3v) is 3.20.